The molecule has 56 valence electrons. The molecule has 4 heteroatoms. The lowest BCUT2D eigenvalue weighted by Gasteiger charge is -2.00. The Kier molecular flexibility index (Phi) is 2.25. The van der Waals surface area contributed by atoms with Crippen LogP contribution in [0.2, 0.25) is 0 Å². The molecule has 0 fully saturated rings. The summed E-state index contributed by atoms with van der Waals surface area (Å²) in [5, 5.41) is 2.59. The molecule has 0 aromatic carbocycles. The van der Waals surface area contributed by atoms with E-state index in [0.717, 1.165) is 6.54 Å². The van der Waals surface area contributed by atoms with E-state index in [2.05, 4.69) is 10.3 Å². The van der Waals surface area contributed by atoms with E-state index < -0.39 is 0 Å². The van der Waals surface area contributed by atoms with Gasteiger partial charge in [-0.2, -0.15) is 0 Å². The first-order valence-corrected chi connectivity index (χ1v) is 3.19. The number of carbonyl (C=O) groups excluding carboxylic acids is 1. The third-order valence-electron chi connectivity index (χ3n) is 1.14. The highest BCUT2D eigenvalue weighted by Gasteiger charge is 2.05. The third-order valence-corrected chi connectivity index (χ3v) is 1.14. The van der Waals surface area contributed by atoms with Gasteiger partial charge in [0.1, 0.15) is 6.61 Å². The molecule has 4 nitrogen and oxygen atoms in total. The second kappa shape index (κ2) is 3.20. The molecule has 0 radical (unpaired) electrons. The Labute approximate surface area is 59.3 Å². The van der Waals surface area contributed by atoms with E-state index >= 15 is 0 Å². The van der Waals surface area contributed by atoms with Crippen LogP contribution in [-0.4, -0.2) is 31.5 Å². The topological polar surface area (TPSA) is 50.7 Å². The van der Waals surface area contributed by atoms with Crippen LogP contribution in [0, 0.1) is 0 Å². The molecule has 0 unspecified atom stereocenters. The van der Waals surface area contributed by atoms with E-state index in [1.807, 2.05) is 0 Å². The monoisotopic (exact) mass is 142 g/mol. The van der Waals surface area contributed by atoms with Crippen LogP contribution in [0.1, 0.15) is 6.92 Å². The van der Waals surface area contributed by atoms with E-state index in [0.29, 0.717) is 19.0 Å². The van der Waals surface area contributed by atoms with Crippen LogP contribution in [0.25, 0.3) is 0 Å². The molecule has 0 aliphatic carbocycles. The van der Waals surface area contributed by atoms with Crippen molar-refractivity contribution in [2.75, 3.05) is 19.7 Å². The van der Waals surface area contributed by atoms with Crippen molar-refractivity contribution in [3.8, 4) is 0 Å². The van der Waals surface area contributed by atoms with Gasteiger partial charge in [-0.15, -0.1) is 0 Å². The maximum atomic E-state index is 10.4. The summed E-state index contributed by atoms with van der Waals surface area (Å²) in [6.07, 6.45) is 0. The van der Waals surface area contributed by atoms with Crippen LogP contribution < -0.4 is 5.32 Å². The van der Waals surface area contributed by atoms with Crippen molar-refractivity contribution in [3.05, 3.63) is 0 Å². The third kappa shape index (κ3) is 2.05. The molecule has 0 aromatic heterocycles. The first-order chi connectivity index (χ1) is 4.79. The maximum Gasteiger partial charge on any atom is 0.217 e. The summed E-state index contributed by atoms with van der Waals surface area (Å²) < 4.78 is 5.04. The van der Waals surface area contributed by atoms with Crippen LogP contribution in [0.5, 0.6) is 0 Å². The van der Waals surface area contributed by atoms with Crippen molar-refractivity contribution >= 4 is 11.8 Å². The summed E-state index contributed by atoms with van der Waals surface area (Å²) in [5.74, 6) is 0.577. The Morgan fingerprint density at radius 3 is 3.20 bits per heavy atom. The van der Waals surface area contributed by atoms with Crippen LogP contribution in [0.15, 0.2) is 4.99 Å². The fraction of sp³-hybridized carbons (Fsp3) is 0.667. The van der Waals surface area contributed by atoms with E-state index in [4.69, 9.17) is 4.74 Å². The summed E-state index contributed by atoms with van der Waals surface area (Å²) in [7, 11) is 0. The second-order valence-corrected chi connectivity index (χ2v) is 2.03. The van der Waals surface area contributed by atoms with Crippen molar-refractivity contribution in [3.63, 3.8) is 0 Å². The molecular formula is C6H10N2O2. The number of amides is 1. The van der Waals surface area contributed by atoms with Gasteiger partial charge in [0.15, 0.2) is 0 Å². The lowest BCUT2D eigenvalue weighted by atomic mass is 10.6. The summed E-state index contributed by atoms with van der Waals surface area (Å²) >= 11 is 0. The van der Waals surface area contributed by atoms with Gasteiger partial charge in [0.05, 0.1) is 13.1 Å². The van der Waals surface area contributed by atoms with Gasteiger partial charge in [-0.3, -0.25) is 9.79 Å². The summed E-state index contributed by atoms with van der Waals surface area (Å²) in [6.45, 7) is 3.26. The molecule has 1 heterocycles. The van der Waals surface area contributed by atoms with Crippen LogP contribution >= 0.6 is 0 Å². The highest BCUT2D eigenvalue weighted by molar-refractivity contribution is 5.84. The number of hydrogen-bond acceptors (Lipinski definition) is 3. The molecule has 1 amide bonds. The zero-order valence-electron chi connectivity index (χ0n) is 5.89. The molecule has 1 aliphatic heterocycles. The van der Waals surface area contributed by atoms with Crippen molar-refractivity contribution < 1.29 is 9.53 Å². The van der Waals surface area contributed by atoms with Crippen molar-refractivity contribution in [1.29, 1.82) is 0 Å². The highest BCUT2D eigenvalue weighted by atomic mass is 16.5. The minimum absolute atomic E-state index is 0.0572. The van der Waals surface area contributed by atoms with Crippen molar-refractivity contribution in [2.45, 2.75) is 6.92 Å². The quantitative estimate of drug-likeness (QED) is 0.567. The molecule has 0 aromatic rings. The molecule has 10 heavy (non-hydrogen) atoms. The van der Waals surface area contributed by atoms with Crippen LogP contribution in [0.4, 0.5) is 0 Å². The lowest BCUT2D eigenvalue weighted by molar-refractivity contribution is -0.118. The van der Waals surface area contributed by atoms with Gasteiger partial charge < -0.3 is 10.1 Å². The summed E-state index contributed by atoms with van der Waals surface area (Å²) in [6, 6.07) is 0. The molecule has 1 N–H and O–H groups in total. The zero-order valence-corrected chi connectivity index (χ0v) is 5.89. The fourth-order valence-electron chi connectivity index (χ4n) is 0.686. The van der Waals surface area contributed by atoms with E-state index in [9.17, 15) is 4.79 Å². The van der Waals surface area contributed by atoms with Gasteiger partial charge in [0, 0.05) is 6.92 Å². The summed E-state index contributed by atoms with van der Waals surface area (Å²) in [5.41, 5.74) is 0. The first kappa shape index (κ1) is 7.05. The molecule has 0 saturated carbocycles. The van der Waals surface area contributed by atoms with Crippen LogP contribution in [0.3, 0.4) is 0 Å². The molecule has 1 rings (SSSR count). The Hall–Kier alpha value is -1.06. The zero-order chi connectivity index (χ0) is 7.40. The number of nitrogens with zero attached hydrogens (tertiary/aromatic N) is 1. The van der Waals surface area contributed by atoms with Gasteiger partial charge in [-0.25, -0.2) is 0 Å². The van der Waals surface area contributed by atoms with Gasteiger partial charge in [0.2, 0.25) is 11.8 Å². The first-order valence-electron chi connectivity index (χ1n) is 3.19. The number of aliphatic imine (C=N–C) groups is 1. The van der Waals surface area contributed by atoms with Gasteiger partial charge >= 0.3 is 0 Å². The Morgan fingerprint density at radius 1 is 1.90 bits per heavy atom. The number of ether oxygens (including phenoxy) is 1. The highest BCUT2D eigenvalue weighted by Crippen LogP contribution is 1.91. The predicted molar refractivity (Wildman–Crippen MR) is 36.9 cm³/mol. The number of nitrogens with one attached hydrogen (secondary N) is 1. The van der Waals surface area contributed by atoms with E-state index in [1.54, 1.807) is 0 Å². The Morgan fingerprint density at radius 2 is 2.70 bits per heavy atom. The molecule has 0 atom stereocenters. The molecule has 0 bridgehead atoms. The predicted octanol–water partition coefficient (Wildman–Crippen LogP) is -0.449. The van der Waals surface area contributed by atoms with Crippen molar-refractivity contribution in [1.82, 2.24) is 5.32 Å². The number of rotatable bonds is 2. The van der Waals surface area contributed by atoms with Gasteiger partial charge in [-0.05, 0) is 0 Å². The largest absolute Gasteiger partial charge is 0.478 e. The van der Waals surface area contributed by atoms with Crippen LogP contribution in [-0.2, 0) is 9.53 Å². The number of carbonyl (C=O) groups is 1. The smallest absolute Gasteiger partial charge is 0.217 e. The van der Waals surface area contributed by atoms with E-state index in [-0.39, 0.29) is 5.91 Å². The number of hydrogen-bond donors (Lipinski definition) is 1. The normalized spacial score (nSPS) is 15.9. The summed E-state index contributed by atoms with van der Waals surface area (Å²) in [4.78, 5) is 14.4. The SMILES string of the molecule is CC(=O)NCC1=NCCO1. The standard InChI is InChI=1S/C6H10N2O2/c1-5(9)8-4-6-7-2-3-10-6/h2-4H2,1H3,(H,8,9). The average molecular weight is 142 g/mol. The Balaban J connectivity index is 2.19. The second-order valence-electron chi connectivity index (χ2n) is 2.03. The average Bonchev–Trinajstić information content (AvgIpc) is 2.34. The maximum absolute atomic E-state index is 10.4. The molecular weight excluding hydrogens is 132 g/mol. The van der Waals surface area contributed by atoms with Gasteiger partial charge in [-0.1, -0.05) is 0 Å². The van der Waals surface area contributed by atoms with Crippen molar-refractivity contribution in [2.24, 2.45) is 4.99 Å². The van der Waals surface area contributed by atoms with E-state index in [1.165, 1.54) is 6.92 Å². The minimum Gasteiger partial charge on any atom is -0.478 e. The Bertz CT molecular complexity index is 165. The van der Waals surface area contributed by atoms with Gasteiger partial charge in [0.25, 0.3) is 0 Å². The molecule has 1 aliphatic rings. The minimum atomic E-state index is -0.0572. The lowest BCUT2D eigenvalue weighted by Crippen LogP contribution is -2.27. The molecule has 0 saturated heterocycles. The fourth-order valence-corrected chi connectivity index (χ4v) is 0.686. The molecule has 0 spiro atoms.